The number of piperidine rings is 1. The van der Waals surface area contributed by atoms with Crippen LogP contribution in [0.4, 0.5) is 10.8 Å². The molecule has 1 fully saturated rings. The summed E-state index contributed by atoms with van der Waals surface area (Å²) in [6.45, 7) is 1.79. The van der Waals surface area contributed by atoms with Crippen LogP contribution in [0.2, 0.25) is 0 Å². The van der Waals surface area contributed by atoms with Gasteiger partial charge in [-0.15, -0.1) is 0 Å². The Bertz CT molecular complexity index is 584. The van der Waals surface area contributed by atoms with Crippen LogP contribution in [0.1, 0.15) is 19.3 Å². The predicted octanol–water partition coefficient (Wildman–Crippen LogP) is 0.872. The van der Waals surface area contributed by atoms with Crippen LogP contribution in [0.15, 0.2) is 4.90 Å². The van der Waals surface area contributed by atoms with Crippen molar-refractivity contribution in [2.75, 3.05) is 45.3 Å². The number of anilines is 2. The molecule has 120 valence electrons. The van der Waals surface area contributed by atoms with Crippen molar-refractivity contribution < 1.29 is 8.42 Å². The molecule has 0 amide bonds. The van der Waals surface area contributed by atoms with Crippen LogP contribution >= 0.6 is 11.5 Å². The lowest BCUT2D eigenvalue weighted by Crippen LogP contribution is -2.40. The largest absolute Gasteiger partial charge is 0.382 e. The van der Waals surface area contributed by atoms with Gasteiger partial charge in [0.05, 0.1) is 0 Å². The fraction of sp³-hybridized carbons (Fsp3) is 0.750. The number of aromatic nitrogens is 1. The van der Waals surface area contributed by atoms with Gasteiger partial charge >= 0.3 is 0 Å². The molecule has 1 aliphatic rings. The molecule has 0 saturated carbocycles. The summed E-state index contributed by atoms with van der Waals surface area (Å²) in [5, 5.41) is 3.75. The van der Waals surface area contributed by atoms with E-state index in [0.717, 1.165) is 28.8 Å². The molecule has 1 aliphatic heterocycles. The zero-order valence-corrected chi connectivity index (χ0v) is 14.3. The first-order valence-corrected chi connectivity index (χ1v) is 9.17. The van der Waals surface area contributed by atoms with Crippen LogP contribution in [0.25, 0.3) is 0 Å². The molecule has 9 heteroatoms. The number of likely N-dealkylation sites (N-methyl/N-ethyl adjacent to an activating group) is 1. The van der Waals surface area contributed by atoms with Crippen molar-refractivity contribution >= 4 is 32.4 Å². The van der Waals surface area contributed by atoms with Gasteiger partial charge in [0.1, 0.15) is 5.00 Å². The van der Waals surface area contributed by atoms with E-state index in [4.69, 9.17) is 5.73 Å². The van der Waals surface area contributed by atoms with Gasteiger partial charge in [-0.05, 0) is 38.0 Å². The molecule has 3 N–H and O–H groups in total. The molecular weight excluding hydrogens is 310 g/mol. The van der Waals surface area contributed by atoms with E-state index in [2.05, 4.69) is 21.6 Å². The highest BCUT2D eigenvalue weighted by Gasteiger charge is 2.28. The van der Waals surface area contributed by atoms with E-state index in [0.29, 0.717) is 17.6 Å². The van der Waals surface area contributed by atoms with Crippen LogP contribution in [-0.2, 0) is 10.0 Å². The number of sulfonamides is 1. The molecule has 0 radical (unpaired) electrons. The SMILES string of the molecule is CN1CCCCC1CNc1snc(N)c1S(=O)(=O)N(C)C. The Labute approximate surface area is 130 Å². The summed E-state index contributed by atoms with van der Waals surface area (Å²) in [5.74, 6) is 0.0631. The Morgan fingerprint density at radius 3 is 2.81 bits per heavy atom. The Balaban J connectivity index is 2.15. The van der Waals surface area contributed by atoms with E-state index in [1.165, 1.54) is 26.9 Å². The third-order valence-electron chi connectivity index (χ3n) is 3.83. The highest BCUT2D eigenvalue weighted by molar-refractivity contribution is 7.89. The van der Waals surface area contributed by atoms with E-state index in [-0.39, 0.29) is 10.7 Å². The first-order valence-electron chi connectivity index (χ1n) is 6.96. The summed E-state index contributed by atoms with van der Waals surface area (Å²) in [5.41, 5.74) is 5.74. The third kappa shape index (κ3) is 3.47. The number of nitrogens with zero attached hydrogens (tertiary/aromatic N) is 3. The van der Waals surface area contributed by atoms with Crippen molar-refractivity contribution in [2.24, 2.45) is 0 Å². The molecule has 2 rings (SSSR count). The molecule has 0 spiro atoms. The monoisotopic (exact) mass is 333 g/mol. The summed E-state index contributed by atoms with van der Waals surface area (Å²) in [6.07, 6.45) is 3.55. The minimum Gasteiger partial charge on any atom is -0.382 e. The maximum atomic E-state index is 12.3. The molecule has 0 aromatic carbocycles. The standard InChI is InChI=1S/C12H23N5O2S2/c1-16(2)21(18,19)10-11(13)15-20-12(10)14-8-9-6-4-5-7-17(9)3/h9,14H,4-8H2,1-3H3,(H2,13,15). The zero-order chi connectivity index (χ0) is 15.6. The second kappa shape index (κ2) is 6.47. The summed E-state index contributed by atoms with van der Waals surface area (Å²) in [4.78, 5) is 2.40. The van der Waals surface area contributed by atoms with Crippen LogP contribution in [0, 0.1) is 0 Å². The van der Waals surface area contributed by atoms with Crippen LogP contribution in [0.3, 0.4) is 0 Å². The lowest BCUT2D eigenvalue weighted by molar-refractivity contribution is 0.194. The second-order valence-electron chi connectivity index (χ2n) is 5.52. The van der Waals surface area contributed by atoms with E-state index in [1.54, 1.807) is 0 Å². The summed E-state index contributed by atoms with van der Waals surface area (Å²) in [7, 11) is 1.50. The van der Waals surface area contributed by atoms with Crippen LogP contribution < -0.4 is 11.1 Å². The second-order valence-corrected chi connectivity index (χ2v) is 8.39. The Hall–Kier alpha value is -0.900. The quantitative estimate of drug-likeness (QED) is 0.831. The Kier molecular flexibility index (Phi) is 5.07. The molecule has 1 aromatic rings. The van der Waals surface area contributed by atoms with Crippen LogP contribution in [-0.4, -0.2) is 62.3 Å². The Morgan fingerprint density at radius 1 is 1.48 bits per heavy atom. The number of nitrogens with one attached hydrogen (secondary N) is 1. The molecule has 21 heavy (non-hydrogen) atoms. The number of likely N-dealkylation sites (tertiary alicyclic amines) is 1. The fourth-order valence-corrected chi connectivity index (χ4v) is 4.53. The number of nitrogen functional groups attached to an aromatic ring is 1. The summed E-state index contributed by atoms with van der Waals surface area (Å²) < 4.78 is 29.8. The van der Waals surface area contributed by atoms with Gasteiger partial charge in [-0.2, -0.15) is 4.37 Å². The molecule has 1 aromatic heterocycles. The van der Waals surface area contributed by atoms with Crippen molar-refractivity contribution in [1.29, 1.82) is 0 Å². The number of hydrogen-bond acceptors (Lipinski definition) is 7. The summed E-state index contributed by atoms with van der Waals surface area (Å²) in [6, 6.07) is 0.414. The van der Waals surface area contributed by atoms with Gasteiger partial charge in [-0.1, -0.05) is 6.42 Å². The molecule has 7 nitrogen and oxygen atoms in total. The maximum Gasteiger partial charge on any atom is 0.249 e. The van der Waals surface area contributed by atoms with Gasteiger partial charge in [0.2, 0.25) is 10.0 Å². The first kappa shape index (κ1) is 16.5. The van der Waals surface area contributed by atoms with Gasteiger partial charge in [-0.3, -0.25) is 0 Å². The lowest BCUT2D eigenvalue weighted by Gasteiger charge is -2.32. The molecular formula is C12H23N5O2S2. The van der Waals surface area contributed by atoms with Crippen molar-refractivity contribution in [2.45, 2.75) is 30.2 Å². The van der Waals surface area contributed by atoms with Gasteiger partial charge < -0.3 is 16.0 Å². The van der Waals surface area contributed by atoms with E-state index in [1.807, 2.05) is 0 Å². The minimum atomic E-state index is -3.58. The van der Waals surface area contributed by atoms with Gasteiger partial charge in [0.15, 0.2) is 10.7 Å². The molecule has 1 saturated heterocycles. The minimum absolute atomic E-state index is 0.0631. The lowest BCUT2D eigenvalue weighted by atomic mass is 10.0. The molecule has 1 atom stereocenters. The third-order valence-corrected chi connectivity index (χ3v) is 6.67. The van der Waals surface area contributed by atoms with E-state index < -0.39 is 10.0 Å². The van der Waals surface area contributed by atoms with E-state index >= 15 is 0 Å². The van der Waals surface area contributed by atoms with Crippen LogP contribution in [0.5, 0.6) is 0 Å². The maximum absolute atomic E-state index is 12.3. The molecule has 0 aliphatic carbocycles. The van der Waals surface area contributed by atoms with Gasteiger partial charge in [0, 0.05) is 26.7 Å². The van der Waals surface area contributed by atoms with Crippen molar-refractivity contribution in [3.05, 3.63) is 0 Å². The average molecular weight is 333 g/mol. The number of rotatable bonds is 5. The van der Waals surface area contributed by atoms with Gasteiger partial charge in [0.25, 0.3) is 0 Å². The fourth-order valence-electron chi connectivity index (χ4n) is 2.45. The molecule has 1 unspecified atom stereocenters. The predicted molar refractivity (Wildman–Crippen MR) is 86.2 cm³/mol. The zero-order valence-electron chi connectivity index (χ0n) is 12.7. The van der Waals surface area contributed by atoms with Crippen molar-refractivity contribution in [1.82, 2.24) is 13.6 Å². The highest BCUT2D eigenvalue weighted by Crippen LogP contribution is 2.33. The van der Waals surface area contributed by atoms with Crippen molar-refractivity contribution in [3.63, 3.8) is 0 Å². The topological polar surface area (TPSA) is 91.6 Å². The molecule has 0 bridgehead atoms. The van der Waals surface area contributed by atoms with Crippen molar-refractivity contribution in [3.8, 4) is 0 Å². The highest BCUT2D eigenvalue weighted by atomic mass is 32.2. The smallest absolute Gasteiger partial charge is 0.249 e. The number of hydrogen-bond donors (Lipinski definition) is 2. The van der Waals surface area contributed by atoms with Gasteiger partial charge in [-0.25, -0.2) is 12.7 Å². The average Bonchev–Trinajstić information content (AvgIpc) is 2.79. The first-order chi connectivity index (χ1) is 9.84. The number of nitrogens with two attached hydrogens (primary N) is 1. The Morgan fingerprint density at radius 2 is 2.19 bits per heavy atom. The molecule has 2 heterocycles. The van der Waals surface area contributed by atoms with E-state index in [9.17, 15) is 8.42 Å². The summed E-state index contributed by atoms with van der Waals surface area (Å²) >= 11 is 1.10. The normalized spacial score (nSPS) is 20.9.